The molecule has 1 aromatic carbocycles. The minimum atomic E-state index is -2.10. The van der Waals surface area contributed by atoms with Crippen LogP contribution in [-0.2, 0) is 10.2 Å². The third-order valence-corrected chi connectivity index (χ3v) is 3.50. The molecule has 0 N–H and O–H groups in total. The van der Waals surface area contributed by atoms with Gasteiger partial charge in [-0.15, -0.1) is 0 Å². The third kappa shape index (κ3) is 1.51. The van der Waals surface area contributed by atoms with Gasteiger partial charge in [-0.2, -0.15) is 4.39 Å². The van der Waals surface area contributed by atoms with Gasteiger partial charge in [-0.25, -0.2) is 0 Å². The lowest BCUT2D eigenvalue weighted by atomic mass is 9.92. The van der Waals surface area contributed by atoms with Gasteiger partial charge in [0.1, 0.15) is 5.78 Å². The van der Waals surface area contributed by atoms with E-state index in [1.165, 1.54) is 6.92 Å². The van der Waals surface area contributed by atoms with Crippen molar-refractivity contribution in [3.8, 4) is 11.5 Å². The van der Waals surface area contributed by atoms with Gasteiger partial charge >= 0.3 is 6.04 Å². The summed E-state index contributed by atoms with van der Waals surface area (Å²) in [6, 6.07) is 3.10. The molecule has 1 aromatic rings. The number of alkyl halides is 1. The van der Waals surface area contributed by atoms with Crippen LogP contribution in [0, 0.1) is 0 Å². The molecule has 1 aliphatic heterocycles. The normalized spacial score (nSPS) is 27.9. The highest BCUT2D eigenvalue weighted by Gasteiger charge is 2.49. The maximum absolute atomic E-state index is 13.5. The standard InChI is InChI=1S/C13H13FO3/c1-8(15)13(5-6-13)9-3-4-10-11(7-9)17-12(2,14)16-10/h3-4,7H,5-6H2,1-2H3. The molecule has 17 heavy (non-hydrogen) atoms. The molecule has 90 valence electrons. The van der Waals surface area contributed by atoms with Gasteiger partial charge in [-0.05, 0) is 37.5 Å². The summed E-state index contributed by atoms with van der Waals surface area (Å²) >= 11 is 0. The molecule has 1 aliphatic carbocycles. The average Bonchev–Trinajstić information content (AvgIpc) is 2.95. The van der Waals surface area contributed by atoms with Crippen LogP contribution in [0.5, 0.6) is 11.5 Å². The molecule has 1 unspecified atom stereocenters. The maximum atomic E-state index is 13.5. The number of fused-ring (bicyclic) bond motifs is 1. The minimum absolute atomic E-state index is 0.152. The van der Waals surface area contributed by atoms with Crippen molar-refractivity contribution in [1.29, 1.82) is 0 Å². The number of benzene rings is 1. The molecule has 1 atom stereocenters. The van der Waals surface area contributed by atoms with Gasteiger partial charge in [0, 0.05) is 6.92 Å². The second kappa shape index (κ2) is 3.00. The summed E-state index contributed by atoms with van der Waals surface area (Å²) in [6.45, 7) is 2.81. The number of carbonyl (C=O) groups excluding carboxylic acids is 1. The number of ether oxygens (including phenoxy) is 2. The van der Waals surface area contributed by atoms with Gasteiger partial charge in [0.2, 0.25) is 0 Å². The van der Waals surface area contributed by atoms with Crippen LogP contribution < -0.4 is 9.47 Å². The monoisotopic (exact) mass is 236 g/mol. The molecule has 0 aromatic heterocycles. The predicted octanol–water partition coefficient (Wildman–Crippen LogP) is 2.72. The number of carbonyl (C=O) groups is 1. The van der Waals surface area contributed by atoms with E-state index in [1.54, 1.807) is 19.1 Å². The third-order valence-electron chi connectivity index (χ3n) is 3.50. The summed E-state index contributed by atoms with van der Waals surface area (Å²) in [5, 5.41) is 0. The van der Waals surface area contributed by atoms with Crippen molar-refractivity contribution in [3.63, 3.8) is 0 Å². The highest BCUT2D eigenvalue weighted by molar-refractivity contribution is 5.91. The molecule has 0 amide bonds. The molecule has 0 bridgehead atoms. The highest BCUT2D eigenvalue weighted by Crippen LogP contribution is 2.51. The lowest BCUT2D eigenvalue weighted by Crippen LogP contribution is -2.27. The Morgan fingerprint density at radius 2 is 1.94 bits per heavy atom. The van der Waals surface area contributed by atoms with Gasteiger partial charge in [-0.1, -0.05) is 6.07 Å². The van der Waals surface area contributed by atoms with Crippen LogP contribution in [0.1, 0.15) is 32.3 Å². The zero-order chi connectivity index (χ0) is 12.3. The second-order valence-electron chi connectivity index (χ2n) is 4.84. The lowest BCUT2D eigenvalue weighted by Gasteiger charge is -2.12. The Morgan fingerprint density at radius 3 is 2.53 bits per heavy atom. The van der Waals surface area contributed by atoms with Crippen molar-refractivity contribution in [1.82, 2.24) is 0 Å². The van der Waals surface area contributed by atoms with E-state index in [1.807, 2.05) is 6.07 Å². The molecule has 3 rings (SSSR count). The zero-order valence-corrected chi connectivity index (χ0v) is 9.75. The first kappa shape index (κ1) is 10.6. The van der Waals surface area contributed by atoms with E-state index in [-0.39, 0.29) is 11.2 Å². The number of halogens is 1. The van der Waals surface area contributed by atoms with Crippen LogP contribution in [0.3, 0.4) is 0 Å². The van der Waals surface area contributed by atoms with Crippen LogP contribution in [-0.4, -0.2) is 11.8 Å². The summed E-state index contributed by atoms with van der Waals surface area (Å²) in [6.07, 6.45) is 1.71. The first-order valence-corrected chi connectivity index (χ1v) is 5.65. The van der Waals surface area contributed by atoms with E-state index in [2.05, 4.69) is 0 Å². The zero-order valence-electron chi connectivity index (χ0n) is 9.75. The van der Waals surface area contributed by atoms with Crippen LogP contribution in [0.15, 0.2) is 18.2 Å². The summed E-state index contributed by atoms with van der Waals surface area (Å²) < 4.78 is 23.5. The van der Waals surface area contributed by atoms with Crippen molar-refractivity contribution in [2.45, 2.75) is 38.1 Å². The number of Topliss-reactive ketones (excluding diaryl/α,β-unsaturated/α-hetero) is 1. The summed E-state index contributed by atoms with van der Waals surface area (Å²) in [5.74, 6) is 0.914. The maximum Gasteiger partial charge on any atom is 0.404 e. The first-order valence-electron chi connectivity index (χ1n) is 5.65. The van der Waals surface area contributed by atoms with E-state index < -0.39 is 6.04 Å². The highest BCUT2D eigenvalue weighted by atomic mass is 19.2. The van der Waals surface area contributed by atoms with Crippen molar-refractivity contribution < 1.29 is 18.7 Å². The van der Waals surface area contributed by atoms with Crippen LogP contribution in [0.4, 0.5) is 4.39 Å². The van der Waals surface area contributed by atoms with E-state index in [9.17, 15) is 9.18 Å². The molecular weight excluding hydrogens is 223 g/mol. The van der Waals surface area contributed by atoms with Gasteiger partial charge in [0.15, 0.2) is 11.5 Å². The molecular formula is C13H13FO3. The summed E-state index contributed by atoms with van der Waals surface area (Å²) in [7, 11) is 0. The van der Waals surface area contributed by atoms with Gasteiger partial charge < -0.3 is 9.47 Å². The van der Waals surface area contributed by atoms with Crippen molar-refractivity contribution in [2.24, 2.45) is 0 Å². The van der Waals surface area contributed by atoms with Crippen molar-refractivity contribution in [3.05, 3.63) is 23.8 Å². The topological polar surface area (TPSA) is 35.5 Å². The molecule has 1 heterocycles. The number of rotatable bonds is 2. The fourth-order valence-electron chi connectivity index (χ4n) is 2.35. The van der Waals surface area contributed by atoms with E-state index in [0.29, 0.717) is 11.5 Å². The fourth-order valence-corrected chi connectivity index (χ4v) is 2.35. The number of hydrogen-bond donors (Lipinski definition) is 0. The molecule has 0 spiro atoms. The molecule has 1 saturated carbocycles. The van der Waals surface area contributed by atoms with Crippen molar-refractivity contribution in [2.75, 3.05) is 0 Å². The number of ketones is 1. The smallest absolute Gasteiger partial charge is 0.404 e. The van der Waals surface area contributed by atoms with E-state index in [0.717, 1.165) is 18.4 Å². The fraction of sp³-hybridized carbons (Fsp3) is 0.462. The molecule has 2 aliphatic rings. The van der Waals surface area contributed by atoms with Crippen LogP contribution in [0.25, 0.3) is 0 Å². The Balaban J connectivity index is 1.99. The Labute approximate surface area is 98.5 Å². The quantitative estimate of drug-likeness (QED) is 0.792. The molecule has 1 fully saturated rings. The molecule has 0 saturated heterocycles. The minimum Gasteiger partial charge on any atom is -0.423 e. The predicted molar refractivity (Wildman–Crippen MR) is 58.8 cm³/mol. The van der Waals surface area contributed by atoms with Crippen molar-refractivity contribution >= 4 is 5.78 Å². The molecule has 3 nitrogen and oxygen atoms in total. The van der Waals surface area contributed by atoms with Crippen LogP contribution in [0.2, 0.25) is 0 Å². The first-order chi connectivity index (χ1) is 7.93. The Morgan fingerprint density at radius 1 is 1.29 bits per heavy atom. The Hall–Kier alpha value is -1.58. The van der Waals surface area contributed by atoms with Crippen LogP contribution >= 0.6 is 0 Å². The average molecular weight is 236 g/mol. The Kier molecular flexibility index (Phi) is 1.86. The summed E-state index contributed by atoms with van der Waals surface area (Å²) in [4.78, 5) is 11.6. The van der Waals surface area contributed by atoms with E-state index in [4.69, 9.17) is 9.47 Å². The van der Waals surface area contributed by atoms with E-state index >= 15 is 0 Å². The molecule has 4 heteroatoms. The van der Waals surface area contributed by atoms with Gasteiger partial charge in [0.05, 0.1) is 5.41 Å². The second-order valence-corrected chi connectivity index (χ2v) is 4.84. The SMILES string of the molecule is CC(=O)C1(c2ccc3c(c2)OC(C)(F)O3)CC1. The summed E-state index contributed by atoms with van der Waals surface area (Å²) in [5.41, 5.74) is 0.526. The largest absolute Gasteiger partial charge is 0.423 e. The molecule has 0 radical (unpaired) electrons. The number of hydrogen-bond acceptors (Lipinski definition) is 3. The lowest BCUT2D eigenvalue weighted by molar-refractivity contribution is -0.173. The Bertz CT molecular complexity index is 503. The van der Waals surface area contributed by atoms with Gasteiger partial charge in [-0.3, -0.25) is 4.79 Å². The van der Waals surface area contributed by atoms with Gasteiger partial charge in [0.25, 0.3) is 0 Å².